The Balaban J connectivity index is 2.96. The molecule has 1 aromatic carbocycles. The van der Waals surface area contributed by atoms with Crippen LogP contribution in [0.15, 0.2) is 18.2 Å². The van der Waals surface area contributed by atoms with Gasteiger partial charge < -0.3 is 0 Å². The zero-order valence-corrected chi connectivity index (χ0v) is 12.7. The predicted octanol–water partition coefficient (Wildman–Crippen LogP) is -0.312. The third kappa shape index (κ3) is 3.09. The van der Waals surface area contributed by atoms with Gasteiger partial charge in [-0.3, -0.25) is 0 Å². The van der Waals surface area contributed by atoms with Gasteiger partial charge in [-0.05, 0) is 0 Å². The number of hydrogen-bond acceptors (Lipinski definition) is 4. The molecule has 0 aliphatic heterocycles. The van der Waals surface area contributed by atoms with Crippen molar-refractivity contribution in [1.29, 1.82) is 0 Å². The van der Waals surface area contributed by atoms with Crippen molar-refractivity contribution in [2.24, 2.45) is 0 Å². The van der Waals surface area contributed by atoms with Crippen LogP contribution in [0.1, 0.15) is 10.4 Å². The molecule has 0 saturated heterocycles. The number of rotatable bonds is 5. The Morgan fingerprint density at radius 1 is 1.47 bits per heavy atom. The predicted molar refractivity (Wildman–Crippen MR) is 58.4 cm³/mol. The molecule has 0 aliphatic carbocycles. The van der Waals surface area contributed by atoms with Crippen LogP contribution >= 0.6 is 0 Å². The van der Waals surface area contributed by atoms with Crippen LogP contribution in [0.4, 0.5) is 0 Å². The van der Waals surface area contributed by atoms with Crippen LogP contribution in [-0.4, -0.2) is 41.1 Å². The zero-order chi connectivity index (χ0) is 11.3. The first-order chi connectivity index (χ1) is 7.21. The molecule has 5 heteroatoms. The minimum atomic E-state index is -0.478. The Bertz CT molecular complexity index is 364. The number of hydrogen-bond donors (Lipinski definition) is 0. The Kier molecular flexibility index (Phi) is 4.36. The molecule has 1 rings (SSSR count). The maximum absolute atomic E-state index is 10.5. The van der Waals surface area contributed by atoms with Crippen molar-refractivity contribution < 1.29 is 19.1 Å². The molecular formula is C10H11GeO4. The first-order valence-corrected chi connectivity index (χ1v) is 6.81. The molecule has 1 aromatic rings. The van der Waals surface area contributed by atoms with E-state index in [1.54, 1.807) is 24.5 Å². The van der Waals surface area contributed by atoms with Crippen molar-refractivity contribution in [2.75, 3.05) is 7.11 Å². The molecule has 0 heterocycles. The van der Waals surface area contributed by atoms with Crippen LogP contribution in [0.2, 0.25) is 0 Å². The Hall–Kier alpha value is -1.30. The summed E-state index contributed by atoms with van der Waals surface area (Å²) in [4.78, 5) is 20.4. The molecule has 0 aliphatic rings. The average Bonchev–Trinajstić information content (AvgIpc) is 2.29. The van der Waals surface area contributed by atoms with E-state index >= 15 is 0 Å². The van der Waals surface area contributed by atoms with Gasteiger partial charge in [-0.15, -0.1) is 0 Å². The average molecular weight is 268 g/mol. The second kappa shape index (κ2) is 5.55. The number of carbonyl (C=O) groups is 1. The molecule has 0 aromatic heterocycles. The number of aldehydes is 1. The van der Waals surface area contributed by atoms with E-state index in [0.29, 0.717) is 17.1 Å². The molecule has 79 valence electrons. The van der Waals surface area contributed by atoms with Gasteiger partial charge in [-0.1, -0.05) is 0 Å². The van der Waals surface area contributed by atoms with E-state index in [2.05, 4.69) is 0 Å². The fourth-order valence-electron chi connectivity index (χ4n) is 1.07. The topological polar surface area (TPSA) is 52.6 Å². The van der Waals surface area contributed by atoms with Crippen LogP contribution in [0.3, 0.4) is 0 Å². The van der Waals surface area contributed by atoms with E-state index in [9.17, 15) is 9.59 Å². The third-order valence-corrected chi connectivity index (χ3v) is 2.78. The van der Waals surface area contributed by atoms with Crippen LogP contribution < -0.4 is 9.47 Å². The third-order valence-electron chi connectivity index (χ3n) is 1.79. The molecule has 1 radical (unpaired) electrons. The summed E-state index contributed by atoms with van der Waals surface area (Å²) in [5.74, 6) is 0.911. The molecule has 15 heavy (non-hydrogen) atoms. The summed E-state index contributed by atoms with van der Waals surface area (Å²) >= 11 is 0.198. The van der Waals surface area contributed by atoms with E-state index in [4.69, 9.17) is 9.47 Å². The molecule has 0 fully saturated rings. The quantitative estimate of drug-likeness (QED) is 0.542. The van der Waals surface area contributed by atoms with Crippen molar-refractivity contribution in [3.63, 3.8) is 0 Å². The maximum atomic E-state index is 10.5. The van der Waals surface area contributed by atoms with E-state index in [-0.39, 0.29) is 16.5 Å². The van der Waals surface area contributed by atoms with Crippen LogP contribution in [0, 0.1) is 0 Å². The monoisotopic (exact) mass is 269 g/mol. The van der Waals surface area contributed by atoms with Gasteiger partial charge in [0, 0.05) is 0 Å². The van der Waals surface area contributed by atoms with Gasteiger partial charge in [0.05, 0.1) is 0 Å². The summed E-state index contributed by atoms with van der Waals surface area (Å²) in [6.45, 7) is 0. The summed E-state index contributed by atoms with van der Waals surface area (Å²) in [6.07, 6.45) is 2.50. The molecule has 1 unspecified atom stereocenters. The van der Waals surface area contributed by atoms with Crippen LogP contribution in [0.5, 0.6) is 11.5 Å². The fraction of sp³-hybridized carbons (Fsp3) is 0.200. The van der Waals surface area contributed by atoms with E-state index < -0.39 is 4.94 Å². The van der Waals surface area contributed by atoms with Gasteiger partial charge in [0.2, 0.25) is 0 Å². The van der Waals surface area contributed by atoms with Gasteiger partial charge in [-0.25, -0.2) is 0 Å². The van der Waals surface area contributed by atoms with Crippen molar-refractivity contribution >= 4 is 29.1 Å². The summed E-state index contributed by atoms with van der Waals surface area (Å²) in [5.41, 5.74) is 0.503. The molecule has 0 N–H and O–H groups in total. The van der Waals surface area contributed by atoms with Gasteiger partial charge in [0.15, 0.2) is 0 Å². The Morgan fingerprint density at radius 2 is 2.20 bits per heavy atom. The van der Waals surface area contributed by atoms with Crippen molar-refractivity contribution in [2.45, 2.75) is 4.94 Å². The van der Waals surface area contributed by atoms with Gasteiger partial charge >= 0.3 is 95.5 Å². The SMILES string of the molecule is COc1cc(C=O)ccc1O[CH]([GeH3])[C]=O. The number of methoxy groups -OCH3 is 1. The summed E-state index contributed by atoms with van der Waals surface area (Å²) in [5, 5.41) is 0. The van der Waals surface area contributed by atoms with E-state index in [1.165, 1.54) is 7.11 Å². The van der Waals surface area contributed by atoms with Crippen LogP contribution in [-0.2, 0) is 4.79 Å². The van der Waals surface area contributed by atoms with Crippen LogP contribution in [0.25, 0.3) is 0 Å². The molecule has 1 atom stereocenters. The van der Waals surface area contributed by atoms with Crippen molar-refractivity contribution in [3.05, 3.63) is 23.8 Å². The van der Waals surface area contributed by atoms with Gasteiger partial charge in [-0.2, -0.15) is 0 Å². The van der Waals surface area contributed by atoms with Gasteiger partial charge in [0.1, 0.15) is 0 Å². The van der Waals surface area contributed by atoms with Gasteiger partial charge in [0.25, 0.3) is 0 Å². The molecule has 0 bridgehead atoms. The van der Waals surface area contributed by atoms with E-state index in [1.807, 2.05) is 0 Å². The second-order valence-corrected chi connectivity index (χ2v) is 5.11. The Morgan fingerprint density at radius 3 is 2.73 bits per heavy atom. The van der Waals surface area contributed by atoms with E-state index in [0.717, 1.165) is 6.29 Å². The van der Waals surface area contributed by atoms with Crippen molar-refractivity contribution in [1.82, 2.24) is 0 Å². The summed E-state index contributed by atoms with van der Waals surface area (Å²) in [7, 11) is 1.48. The fourth-order valence-corrected chi connectivity index (χ4v) is 1.60. The number of benzene rings is 1. The first-order valence-electron chi connectivity index (χ1n) is 4.38. The molecule has 0 saturated carbocycles. The van der Waals surface area contributed by atoms with Crippen molar-refractivity contribution in [3.8, 4) is 11.5 Å². The standard InChI is InChI=1S/C10H11GeO4/c1-14-9-4-7(5-12)2-3-8(9)15-10(11)6-13/h2-5,10H,1,11H3. The Labute approximate surface area is 95.8 Å². The molecular weight excluding hydrogens is 257 g/mol. The number of carbonyl (C=O) groups excluding carboxylic acids is 2. The summed E-state index contributed by atoms with van der Waals surface area (Å²) < 4.78 is 10.3. The molecule has 4 nitrogen and oxygen atoms in total. The first kappa shape index (κ1) is 11.8. The normalized spacial score (nSPS) is 11.8. The molecule has 0 amide bonds. The summed E-state index contributed by atoms with van der Waals surface area (Å²) in [6, 6.07) is 4.78. The zero-order valence-electron chi connectivity index (χ0n) is 8.52. The molecule has 0 spiro atoms. The second-order valence-electron chi connectivity index (χ2n) is 2.91. The number of ether oxygens (including phenoxy) is 2. The minimum absolute atomic E-state index is 0.198.